The maximum Gasteiger partial charge on any atom is 0.194 e. The van der Waals surface area contributed by atoms with Gasteiger partial charge in [-0.3, -0.25) is 4.79 Å². The fraction of sp³-hybridized carbons (Fsp3) is 0.0645. The molecule has 0 aliphatic heterocycles. The summed E-state index contributed by atoms with van der Waals surface area (Å²) in [5.74, 6) is 0.00329. The number of hydrogen-bond acceptors (Lipinski definition) is 1. The number of hydrogen-bond donors (Lipinski definition) is 0. The first-order valence-electron chi connectivity index (χ1n) is 10.8. The van der Waals surface area contributed by atoms with Crippen LogP contribution in [0.4, 0.5) is 0 Å². The molecule has 0 aliphatic carbocycles. The Balaban J connectivity index is 1.86. The van der Waals surface area contributed by atoms with Gasteiger partial charge in [0.1, 0.15) is 0 Å². The van der Waals surface area contributed by atoms with Gasteiger partial charge in [-0.1, -0.05) is 120 Å². The Bertz CT molecular complexity index is 1140. The van der Waals surface area contributed by atoms with Crippen molar-refractivity contribution in [3.63, 3.8) is 0 Å². The van der Waals surface area contributed by atoms with Crippen molar-refractivity contribution >= 4 is 29.1 Å². The highest BCUT2D eigenvalue weighted by molar-refractivity contribution is 6.46. The van der Waals surface area contributed by atoms with Crippen molar-refractivity contribution in [1.82, 2.24) is 0 Å². The number of rotatable bonds is 6. The van der Waals surface area contributed by atoms with Crippen LogP contribution < -0.4 is 0 Å². The molecule has 0 N–H and O–H groups in total. The highest BCUT2D eigenvalue weighted by Gasteiger charge is 2.19. The molecular weight excluding hydrogens is 388 g/mol. The summed E-state index contributed by atoms with van der Waals surface area (Å²) >= 11 is 0. The molecular formula is C31H26O. The molecule has 0 bridgehead atoms. The minimum atomic E-state index is 0.00329. The van der Waals surface area contributed by atoms with E-state index in [1.54, 1.807) is 0 Å². The second-order valence-corrected chi connectivity index (χ2v) is 8.00. The minimum absolute atomic E-state index is 0.00329. The molecule has 4 aromatic carbocycles. The molecule has 0 saturated heterocycles. The summed E-state index contributed by atoms with van der Waals surface area (Å²) in [7, 11) is 0. The second kappa shape index (κ2) is 9.89. The molecule has 0 fully saturated rings. The summed E-state index contributed by atoms with van der Waals surface area (Å²) in [5.41, 5.74) is 7.56. The smallest absolute Gasteiger partial charge is 0.194 e. The van der Waals surface area contributed by atoms with Crippen molar-refractivity contribution in [2.75, 3.05) is 0 Å². The van der Waals surface area contributed by atoms with Crippen LogP contribution in [0.15, 0.2) is 109 Å². The van der Waals surface area contributed by atoms with E-state index in [4.69, 9.17) is 0 Å². The second-order valence-electron chi connectivity index (χ2n) is 8.00. The van der Waals surface area contributed by atoms with Gasteiger partial charge in [0.2, 0.25) is 0 Å². The molecule has 0 atom stereocenters. The van der Waals surface area contributed by atoms with E-state index in [1.807, 2.05) is 72.8 Å². The summed E-state index contributed by atoms with van der Waals surface area (Å²) in [4.78, 5) is 14.1. The minimum Gasteiger partial charge on any atom is -0.289 e. The van der Waals surface area contributed by atoms with Gasteiger partial charge in [0, 0.05) is 11.1 Å². The van der Waals surface area contributed by atoms with Crippen LogP contribution in [-0.4, -0.2) is 5.78 Å². The summed E-state index contributed by atoms with van der Waals surface area (Å²) in [6, 6.07) is 36.3. The zero-order chi connectivity index (χ0) is 22.3. The van der Waals surface area contributed by atoms with E-state index < -0.39 is 0 Å². The summed E-state index contributed by atoms with van der Waals surface area (Å²) < 4.78 is 0. The van der Waals surface area contributed by atoms with Crippen molar-refractivity contribution < 1.29 is 4.79 Å². The summed E-state index contributed by atoms with van der Waals surface area (Å²) in [5, 5.41) is 0. The largest absolute Gasteiger partial charge is 0.289 e. The van der Waals surface area contributed by atoms with E-state index >= 15 is 0 Å². The van der Waals surface area contributed by atoms with Crippen LogP contribution in [0.5, 0.6) is 0 Å². The lowest BCUT2D eigenvalue weighted by molar-refractivity contribution is -0.108. The number of Topliss-reactive ketones (excluding diaryl/α,β-unsaturated/α-hetero) is 1. The van der Waals surface area contributed by atoms with Crippen LogP contribution in [0.2, 0.25) is 0 Å². The fourth-order valence-electron chi connectivity index (χ4n) is 3.60. The lowest BCUT2D eigenvalue weighted by Crippen LogP contribution is -2.05. The van der Waals surface area contributed by atoms with Crippen LogP contribution in [-0.2, 0) is 4.79 Å². The molecule has 0 aromatic heterocycles. The maximum atomic E-state index is 14.1. The van der Waals surface area contributed by atoms with Crippen molar-refractivity contribution in [3.05, 3.63) is 143 Å². The zero-order valence-electron chi connectivity index (χ0n) is 18.5. The Morgan fingerprint density at radius 2 is 0.844 bits per heavy atom. The van der Waals surface area contributed by atoms with E-state index in [2.05, 4.69) is 62.4 Å². The van der Waals surface area contributed by atoms with Gasteiger partial charge in [0.25, 0.3) is 0 Å². The third kappa shape index (κ3) is 5.19. The molecule has 0 spiro atoms. The van der Waals surface area contributed by atoms with Gasteiger partial charge in [0.15, 0.2) is 5.78 Å². The van der Waals surface area contributed by atoms with Crippen molar-refractivity contribution in [1.29, 1.82) is 0 Å². The first-order valence-corrected chi connectivity index (χ1v) is 10.8. The standard InChI is InChI=1S/C31H26O/c1-23-13-17-25(18-14-23)21-29(27-9-5-3-6-10-27)31(32)30(28-11-7-4-8-12-28)22-26-19-15-24(2)16-20-26/h3-22H,1-2H3. The first-order chi connectivity index (χ1) is 15.6. The average molecular weight is 415 g/mol. The van der Waals surface area contributed by atoms with Crippen LogP contribution in [0.1, 0.15) is 33.4 Å². The monoisotopic (exact) mass is 414 g/mol. The molecule has 4 aromatic rings. The van der Waals surface area contributed by atoms with Gasteiger partial charge < -0.3 is 0 Å². The molecule has 0 saturated carbocycles. The maximum absolute atomic E-state index is 14.1. The lowest BCUT2D eigenvalue weighted by atomic mass is 9.90. The van der Waals surface area contributed by atoms with Gasteiger partial charge in [-0.25, -0.2) is 0 Å². The third-order valence-corrected chi connectivity index (χ3v) is 5.44. The number of benzene rings is 4. The van der Waals surface area contributed by atoms with Crippen LogP contribution >= 0.6 is 0 Å². The number of ketones is 1. The SMILES string of the molecule is Cc1ccc(C=C(C(=O)C(=Cc2ccc(C)cc2)c2ccccc2)c2ccccc2)cc1. The lowest BCUT2D eigenvalue weighted by Gasteiger charge is -2.12. The number of aryl methyl sites for hydroxylation is 2. The Morgan fingerprint density at radius 3 is 1.19 bits per heavy atom. The number of carbonyl (C=O) groups excluding carboxylic acids is 1. The van der Waals surface area contributed by atoms with E-state index in [9.17, 15) is 4.79 Å². The van der Waals surface area contributed by atoms with Crippen molar-refractivity contribution in [3.8, 4) is 0 Å². The van der Waals surface area contributed by atoms with E-state index in [0.29, 0.717) is 11.1 Å². The summed E-state index contributed by atoms with van der Waals surface area (Å²) in [6.07, 6.45) is 3.98. The Hall–Kier alpha value is -3.97. The van der Waals surface area contributed by atoms with E-state index in [-0.39, 0.29) is 5.78 Å². The molecule has 156 valence electrons. The summed E-state index contributed by atoms with van der Waals surface area (Å²) in [6.45, 7) is 4.13. The molecule has 0 unspecified atom stereocenters. The van der Waals surface area contributed by atoms with Gasteiger partial charge in [0.05, 0.1) is 0 Å². The molecule has 32 heavy (non-hydrogen) atoms. The highest BCUT2D eigenvalue weighted by atomic mass is 16.1. The molecule has 1 nitrogen and oxygen atoms in total. The van der Waals surface area contributed by atoms with Crippen molar-refractivity contribution in [2.45, 2.75) is 13.8 Å². The average Bonchev–Trinajstić information content (AvgIpc) is 2.84. The van der Waals surface area contributed by atoms with Gasteiger partial charge in [-0.15, -0.1) is 0 Å². The molecule has 4 rings (SSSR count). The quantitative estimate of drug-likeness (QED) is 0.234. The normalized spacial score (nSPS) is 11.9. The predicted octanol–water partition coefficient (Wildman–Crippen LogP) is 7.65. The highest BCUT2D eigenvalue weighted by Crippen LogP contribution is 2.29. The van der Waals surface area contributed by atoms with Crippen LogP contribution in [0, 0.1) is 13.8 Å². The van der Waals surface area contributed by atoms with Crippen molar-refractivity contribution in [2.24, 2.45) is 0 Å². The topological polar surface area (TPSA) is 17.1 Å². The third-order valence-electron chi connectivity index (χ3n) is 5.44. The Labute approximate surface area is 190 Å². The van der Waals surface area contributed by atoms with Gasteiger partial charge in [-0.2, -0.15) is 0 Å². The van der Waals surface area contributed by atoms with E-state index in [1.165, 1.54) is 11.1 Å². The van der Waals surface area contributed by atoms with E-state index in [0.717, 1.165) is 22.3 Å². The first kappa shape index (κ1) is 21.3. The molecule has 0 radical (unpaired) electrons. The Kier molecular flexibility index (Phi) is 6.57. The molecule has 0 aliphatic rings. The zero-order valence-corrected chi connectivity index (χ0v) is 18.5. The number of allylic oxidation sites excluding steroid dienone is 2. The van der Waals surface area contributed by atoms with Gasteiger partial charge in [-0.05, 0) is 48.3 Å². The van der Waals surface area contributed by atoms with Crippen LogP contribution in [0.3, 0.4) is 0 Å². The molecule has 0 heterocycles. The molecule has 0 amide bonds. The van der Waals surface area contributed by atoms with Crippen LogP contribution in [0.25, 0.3) is 23.3 Å². The Morgan fingerprint density at radius 1 is 0.500 bits per heavy atom. The predicted molar refractivity (Wildman–Crippen MR) is 136 cm³/mol. The molecule has 1 heteroatoms. The van der Waals surface area contributed by atoms with Gasteiger partial charge >= 0.3 is 0 Å². The number of carbonyl (C=O) groups is 1. The fourth-order valence-corrected chi connectivity index (χ4v) is 3.60.